The maximum atomic E-state index is 10.8. The van der Waals surface area contributed by atoms with Gasteiger partial charge in [-0.05, 0) is 67.9 Å². The Labute approximate surface area is 210 Å². The molecule has 6 aromatic rings. The van der Waals surface area contributed by atoms with Crippen LogP contribution < -0.4 is 0 Å². The molecule has 36 heavy (non-hydrogen) atoms. The Morgan fingerprint density at radius 1 is 0.694 bits per heavy atom. The third-order valence-corrected chi connectivity index (χ3v) is 6.38. The van der Waals surface area contributed by atoms with Crippen molar-refractivity contribution < 1.29 is 5.11 Å². The molecule has 0 aliphatic rings. The number of rotatable bonds is 2. The summed E-state index contributed by atoms with van der Waals surface area (Å²) in [5.41, 5.74) is 4.51. The lowest BCUT2D eigenvalue weighted by molar-refractivity contribution is 0.477. The zero-order valence-corrected chi connectivity index (χ0v) is 20.6. The van der Waals surface area contributed by atoms with Crippen molar-refractivity contribution in [1.29, 1.82) is 0 Å². The van der Waals surface area contributed by atoms with Crippen molar-refractivity contribution >= 4 is 32.6 Å². The van der Waals surface area contributed by atoms with Gasteiger partial charge in [-0.3, -0.25) is 4.57 Å². The summed E-state index contributed by atoms with van der Waals surface area (Å²) in [6.07, 6.45) is 0. The number of hydrogen-bond acceptors (Lipinski definition) is 2. The van der Waals surface area contributed by atoms with Gasteiger partial charge in [0, 0.05) is 27.4 Å². The maximum Gasteiger partial charge on any atom is 0.149 e. The highest BCUT2D eigenvalue weighted by Gasteiger charge is 2.21. The first-order valence-corrected chi connectivity index (χ1v) is 12.1. The summed E-state index contributed by atoms with van der Waals surface area (Å²) in [4.78, 5) is 5.16. The molecule has 3 heteroatoms. The number of aromatic hydroxyl groups is 1. The fraction of sp³-hybridized carbons (Fsp3) is 0.121. The molecule has 0 aliphatic carbocycles. The summed E-state index contributed by atoms with van der Waals surface area (Å²) in [6, 6.07) is 32.5. The average molecular weight is 467 g/mol. The highest BCUT2D eigenvalue weighted by molar-refractivity contribution is 6.24. The van der Waals surface area contributed by atoms with Gasteiger partial charge in [-0.1, -0.05) is 72.5 Å². The van der Waals surface area contributed by atoms with Crippen molar-refractivity contribution in [1.82, 2.24) is 9.55 Å². The van der Waals surface area contributed by atoms with Crippen LogP contribution in [0.3, 0.4) is 0 Å². The second-order valence-corrected chi connectivity index (χ2v) is 10.1. The number of benzene rings is 5. The molecule has 0 spiro atoms. The van der Waals surface area contributed by atoms with Gasteiger partial charge in [0.1, 0.15) is 11.6 Å². The van der Waals surface area contributed by atoms with E-state index in [-0.39, 0.29) is 11.2 Å². The Morgan fingerprint density at radius 3 is 1.94 bits per heavy atom. The van der Waals surface area contributed by atoms with Crippen molar-refractivity contribution in [3.8, 4) is 34.7 Å². The van der Waals surface area contributed by atoms with Gasteiger partial charge in [0.05, 0.1) is 16.6 Å². The average Bonchev–Trinajstić information content (AvgIpc) is 3.29. The van der Waals surface area contributed by atoms with E-state index in [4.69, 9.17) is 4.98 Å². The molecule has 0 atom stereocenters. The zero-order chi connectivity index (χ0) is 24.9. The van der Waals surface area contributed by atoms with Gasteiger partial charge in [-0.25, -0.2) is 4.98 Å². The Morgan fingerprint density at radius 2 is 1.28 bits per heavy atom. The molecule has 0 fully saturated rings. The van der Waals surface area contributed by atoms with E-state index in [0.29, 0.717) is 11.4 Å². The lowest BCUT2D eigenvalue weighted by Gasteiger charge is -2.13. The van der Waals surface area contributed by atoms with Gasteiger partial charge < -0.3 is 5.11 Å². The Kier molecular flexibility index (Phi) is 5.05. The molecule has 3 nitrogen and oxygen atoms in total. The largest absolute Gasteiger partial charge is 0.507 e. The molecule has 6 rings (SSSR count). The lowest BCUT2D eigenvalue weighted by atomic mass is 9.97. The fourth-order valence-corrected chi connectivity index (χ4v) is 4.75. The summed E-state index contributed by atoms with van der Waals surface area (Å²) < 4.78 is 2.17. The highest BCUT2D eigenvalue weighted by Crippen LogP contribution is 2.40. The molecular weight excluding hydrogens is 440 g/mol. The molecule has 0 amide bonds. The lowest BCUT2D eigenvalue weighted by Crippen LogP contribution is -2.00. The van der Waals surface area contributed by atoms with Crippen molar-refractivity contribution in [2.75, 3.05) is 0 Å². The number of hydrogen-bond donors (Lipinski definition) is 1. The van der Waals surface area contributed by atoms with Crippen LogP contribution in [0.2, 0.25) is 0 Å². The smallest absolute Gasteiger partial charge is 0.149 e. The Bertz CT molecular complexity index is 1820. The third kappa shape index (κ3) is 3.68. The second kappa shape index (κ2) is 8.29. The van der Waals surface area contributed by atoms with Gasteiger partial charge in [0.15, 0.2) is 0 Å². The molecular formula is C33H26N2O. The number of para-hydroxylation sites is 1. The van der Waals surface area contributed by atoms with Crippen molar-refractivity contribution in [3.63, 3.8) is 0 Å². The molecule has 174 valence electrons. The monoisotopic (exact) mass is 466 g/mol. The molecule has 1 heterocycles. The standard InChI is InChI=1S/C33H26N2O/c1-33(2,3)21-20-22-16-18-23(19-17-22)35-31-27-13-7-5-11-25(27)24-10-4-6-12-26(24)30(31)34-32(35)28-14-8-9-15-29(28)36/h4-19,36H,1-3H3. The zero-order valence-electron chi connectivity index (χ0n) is 20.6. The Balaban J connectivity index is 1.72. The molecule has 1 N–H and O–H groups in total. The van der Waals surface area contributed by atoms with Crippen LogP contribution in [0.15, 0.2) is 97.1 Å². The predicted molar refractivity (Wildman–Crippen MR) is 150 cm³/mol. The summed E-state index contributed by atoms with van der Waals surface area (Å²) >= 11 is 0. The maximum absolute atomic E-state index is 10.8. The van der Waals surface area contributed by atoms with Crippen LogP contribution in [0.4, 0.5) is 0 Å². The number of nitrogens with zero attached hydrogens (tertiary/aromatic N) is 2. The minimum absolute atomic E-state index is 0.0583. The normalized spacial score (nSPS) is 11.6. The van der Waals surface area contributed by atoms with Crippen LogP contribution in [0, 0.1) is 17.3 Å². The van der Waals surface area contributed by atoms with Gasteiger partial charge in [0.2, 0.25) is 0 Å². The second-order valence-electron chi connectivity index (χ2n) is 10.1. The molecule has 0 saturated heterocycles. The van der Waals surface area contributed by atoms with Crippen LogP contribution in [0.5, 0.6) is 5.75 Å². The summed E-state index contributed by atoms with van der Waals surface area (Å²) in [6.45, 7) is 6.33. The fourth-order valence-electron chi connectivity index (χ4n) is 4.75. The van der Waals surface area contributed by atoms with E-state index in [1.54, 1.807) is 6.07 Å². The van der Waals surface area contributed by atoms with Crippen LogP contribution in [0.1, 0.15) is 26.3 Å². The summed E-state index contributed by atoms with van der Waals surface area (Å²) in [5, 5.41) is 15.4. The van der Waals surface area contributed by atoms with Gasteiger partial charge >= 0.3 is 0 Å². The van der Waals surface area contributed by atoms with E-state index >= 15 is 0 Å². The van der Waals surface area contributed by atoms with Crippen LogP contribution in [-0.4, -0.2) is 14.7 Å². The summed E-state index contributed by atoms with van der Waals surface area (Å²) in [5.74, 6) is 7.51. The van der Waals surface area contributed by atoms with E-state index < -0.39 is 0 Å². The first kappa shape index (κ1) is 21.9. The minimum Gasteiger partial charge on any atom is -0.507 e. The quantitative estimate of drug-likeness (QED) is 0.207. The number of phenolic OH excluding ortho intramolecular Hbond substituents is 1. The first-order chi connectivity index (χ1) is 17.4. The summed E-state index contributed by atoms with van der Waals surface area (Å²) in [7, 11) is 0. The van der Waals surface area contributed by atoms with E-state index in [1.807, 2.05) is 18.2 Å². The predicted octanol–water partition coefficient (Wildman–Crippen LogP) is 8.10. The van der Waals surface area contributed by atoms with Gasteiger partial charge in [-0.2, -0.15) is 0 Å². The number of imidazole rings is 1. The van der Waals surface area contributed by atoms with E-state index in [9.17, 15) is 5.11 Å². The molecule has 1 aromatic heterocycles. The molecule has 0 aliphatic heterocycles. The number of phenols is 1. The molecule has 0 bridgehead atoms. The third-order valence-electron chi connectivity index (χ3n) is 6.38. The van der Waals surface area contributed by atoms with Crippen molar-refractivity contribution in [3.05, 3.63) is 103 Å². The Hall–Kier alpha value is -4.55. The molecule has 0 radical (unpaired) electrons. The highest BCUT2D eigenvalue weighted by atomic mass is 16.3. The van der Waals surface area contributed by atoms with E-state index in [1.165, 1.54) is 10.8 Å². The first-order valence-electron chi connectivity index (χ1n) is 12.1. The van der Waals surface area contributed by atoms with Gasteiger partial charge in [0.25, 0.3) is 0 Å². The molecule has 5 aromatic carbocycles. The molecule has 0 saturated carbocycles. The van der Waals surface area contributed by atoms with Crippen LogP contribution >= 0.6 is 0 Å². The number of fused-ring (bicyclic) bond motifs is 6. The van der Waals surface area contributed by atoms with Crippen LogP contribution in [0.25, 0.3) is 49.7 Å². The molecule has 0 unspecified atom stereocenters. The van der Waals surface area contributed by atoms with Crippen molar-refractivity contribution in [2.24, 2.45) is 5.41 Å². The van der Waals surface area contributed by atoms with E-state index in [2.05, 4.69) is 110 Å². The van der Waals surface area contributed by atoms with Gasteiger partial charge in [-0.15, -0.1) is 0 Å². The minimum atomic E-state index is -0.0583. The number of aromatic nitrogens is 2. The SMILES string of the molecule is CC(C)(C)C#Cc1ccc(-n2c(-c3ccccc3O)nc3c4ccccc4c4ccccc4c32)cc1. The van der Waals surface area contributed by atoms with Crippen molar-refractivity contribution in [2.45, 2.75) is 20.8 Å². The van der Waals surface area contributed by atoms with Crippen LogP contribution in [-0.2, 0) is 0 Å². The topological polar surface area (TPSA) is 38.0 Å². The van der Waals surface area contributed by atoms with E-state index in [0.717, 1.165) is 33.1 Å².